The van der Waals surface area contributed by atoms with Crippen molar-refractivity contribution in [1.29, 1.82) is 0 Å². The second kappa shape index (κ2) is 8.95. The number of aliphatic hydroxyl groups is 1. The van der Waals surface area contributed by atoms with Gasteiger partial charge in [-0.05, 0) is 45.6 Å². The number of rotatable bonds is 8. The molecule has 3 heterocycles. The third kappa shape index (κ3) is 3.75. The number of hydrogen-bond acceptors (Lipinski definition) is 5. The van der Waals surface area contributed by atoms with Gasteiger partial charge in [-0.1, -0.05) is 37.3 Å². The van der Waals surface area contributed by atoms with E-state index in [0.717, 1.165) is 18.4 Å². The van der Waals surface area contributed by atoms with Crippen molar-refractivity contribution < 1.29 is 19.5 Å². The van der Waals surface area contributed by atoms with E-state index in [9.17, 15) is 19.5 Å². The molecule has 2 unspecified atom stereocenters. The molecule has 1 spiro atoms. The second-order valence-electron chi connectivity index (χ2n) is 10.0. The molecule has 6 atom stereocenters. The lowest BCUT2D eigenvalue weighted by Gasteiger charge is -2.37. The third-order valence-corrected chi connectivity index (χ3v) is 9.40. The summed E-state index contributed by atoms with van der Waals surface area (Å²) in [6, 6.07) is 7.87. The summed E-state index contributed by atoms with van der Waals surface area (Å²) in [5.41, 5.74) is 0.782. The van der Waals surface area contributed by atoms with Gasteiger partial charge in [0.05, 0.1) is 29.2 Å². The molecule has 2 bridgehead atoms. The van der Waals surface area contributed by atoms with Crippen molar-refractivity contribution in [2.24, 2.45) is 11.8 Å². The normalized spacial score (nSPS) is 33.3. The molecule has 3 fully saturated rings. The first kappa shape index (κ1) is 24.1. The van der Waals surface area contributed by atoms with Crippen LogP contribution in [0.3, 0.4) is 0 Å². The van der Waals surface area contributed by atoms with Gasteiger partial charge in [0.2, 0.25) is 17.7 Å². The lowest BCUT2D eigenvalue weighted by atomic mass is 9.66. The molecule has 3 amide bonds. The van der Waals surface area contributed by atoms with Crippen LogP contribution in [0.15, 0.2) is 30.3 Å². The number of aliphatic hydroxyl groups excluding tert-OH is 1. The van der Waals surface area contributed by atoms with Gasteiger partial charge in [-0.3, -0.25) is 14.4 Å². The summed E-state index contributed by atoms with van der Waals surface area (Å²) < 4.78 is -1.07. The van der Waals surface area contributed by atoms with Gasteiger partial charge in [0.15, 0.2) is 0 Å². The van der Waals surface area contributed by atoms with Gasteiger partial charge in [0, 0.05) is 17.3 Å². The van der Waals surface area contributed by atoms with Gasteiger partial charge >= 0.3 is 0 Å². The number of likely N-dealkylation sites (tertiary alicyclic amines) is 1. The first-order valence-electron chi connectivity index (χ1n) is 12.0. The molecule has 7 nitrogen and oxygen atoms in total. The predicted molar refractivity (Wildman–Crippen MR) is 128 cm³/mol. The number of nitrogens with one attached hydrogen (secondary N) is 2. The largest absolute Gasteiger partial charge is 0.394 e. The molecule has 3 saturated heterocycles. The Morgan fingerprint density at radius 3 is 2.52 bits per heavy atom. The smallest absolute Gasteiger partial charge is 0.244 e. The number of carbonyl (C=O) groups excluding carboxylic acids is 3. The summed E-state index contributed by atoms with van der Waals surface area (Å²) in [6.45, 7) is 8.13. The average molecular weight is 474 g/mol. The minimum absolute atomic E-state index is 0.0861. The Hall–Kier alpha value is -2.06. The molecule has 1 aromatic rings. The monoisotopic (exact) mass is 473 g/mol. The third-order valence-electron chi connectivity index (χ3n) is 7.42. The van der Waals surface area contributed by atoms with Gasteiger partial charge < -0.3 is 20.6 Å². The lowest BCUT2D eigenvalue weighted by molar-refractivity contribution is -0.143. The van der Waals surface area contributed by atoms with Crippen molar-refractivity contribution in [3.8, 4) is 0 Å². The van der Waals surface area contributed by atoms with Crippen molar-refractivity contribution in [2.45, 2.75) is 74.6 Å². The van der Waals surface area contributed by atoms with E-state index in [4.69, 9.17) is 0 Å². The van der Waals surface area contributed by atoms with Crippen LogP contribution in [0.2, 0.25) is 0 Å². The van der Waals surface area contributed by atoms with E-state index in [1.54, 1.807) is 16.7 Å². The molecule has 0 aromatic heterocycles. The minimum atomic E-state index is -0.745. The first-order valence-corrected chi connectivity index (χ1v) is 12.8. The Kier molecular flexibility index (Phi) is 6.53. The van der Waals surface area contributed by atoms with E-state index >= 15 is 0 Å². The Bertz CT molecular complexity index is 925. The van der Waals surface area contributed by atoms with Crippen LogP contribution in [0.1, 0.15) is 58.6 Å². The van der Waals surface area contributed by atoms with E-state index < -0.39 is 28.7 Å². The van der Waals surface area contributed by atoms with Crippen LogP contribution in [0, 0.1) is 11.8 Å². The highest BCUT2D eigenvalue weighted by Crippen LogP contribution is 2.71. The summed E-state index contributed by atoms with van der Waals surface area (Å²) >= 11 is 1.65. The Morgan fingerprint density at radius 1 is 1.21 bits per heavy atom. The summed E-state index contributed by atoms with van der Waals surface area (Å²) in [4.78, 5) is 42.7. The quantitative estimate of drug-likeness (QED) is 0.538. The van der Waals surface area contributed by atoms with E-state index in [0.29, 0.717) is 13.0 Å². The Balaban J connectivity index is 1.81. The molecule has 4 rings (SSSR count). The molecular weight excluding hydrogens is 438 g/mol. The highest BCUT2D eigenvalue weighted by Gasteiger charge is 2.77. The zero-order valence-corrected chi connectivity index (χ0v) is 20.7. The van der Waals surface area contributed by atoms with Gasteiger partial charge in [0.1, 0.15) is 6.04 Å². The highest BCUT2D eigenvalue weighted by molar-refractivity contribution is 8.02. The molecule has 33 heavy (non-hydrogen) atoms. The van der Waals surface area contributed by atoms with Crippen LogP contribution in [0.25, 0.3) is 0 Å². The fourth-order valence-corrected chi connectivity index (χ4v) is 8.49. The number of thioether (sulfide) groups is 1. The molecule has 3 aliphatic rings. The van der Waals surface area contributed by atoms with Crippen molar-refractivity contribution >= 4 is 29.5 Å². The van der Waals surface area contributed by atoms with Crippen LogP contribution in [0.4, 0.5) is 0 Å². The number of nitrogens with zero attached hydrogens (tertiary/aromatic N) is 1. The number of fused-ring (bicyclic) bond motifs is 1. The summed E-state index contributed by atoms with van der Waals surface area (Å²) in [7, 11) is 0. The summed E-state index contributed by atoms with van der Waals surface area (Å²) in [5.74, 6) is -1.59. The Labute approximate surface area is 200 Å². The SMILES string of the molecule is CCCNC(=O)[C@@H]1[C@H]2C(=O)N([C@H](CO)c3ccccc3)C(C(=O)NC(C)C)C23CC[C@@]1(C)S3. The van der Waals surface area contributed by atoms with E-state index in [1.165, 1.54) is 0 Å². The molecule has 1 aromatic carbocycles. The van der Waals surface area contributed by atoms with E-state index in [-0.39, 0.29) is 35.1 Å². The zero-order chi connectivity index (χ0) is 24.0. The molecule has 8 heteroatoms. The van der Waals surface area contributed by atoms with Gasteiger partial charge in [0.25, 0.3) is 0 Å². The molecule has 3 aliphatic heterocycles. The second-order valence-corrected chi connectivity index (χ2v) is 11.9. The van der Waals surface area contributed by atoms with E-state index in [2.05, 4.69) is 17.6 Å². The fourth-order valence-electron chi connectivity index (χ4n) is 6.15. The molecular formula is C25H35N3O4S. The van der Waals surface area contributed by atoms with Crippen molar-refractivity contribution in [2.75, 3.05) is 13.2 Å². The van der Waals surface area contributed by atoms with Gasteiger partial charge in [-0.15, -0.1) is 11.8 Å². The standard InChI is InChI=1S/C25H35N3O4S/c1-5-13-26-21(30)18-19-23(32)28(17(14-29)16-9-7-6-8-10-16)20(22(31)27-15(2)3)25(19)12-11-24(18,4)33-25/h6-10,15,17-20,29H,5,11-14H2,1-4H3,(H,26,30)(H,27,31)/t17-,18+,19+,20?,24-,25?/m1/s1. The van der Waals surface area contributed by atoms with Gasteiger partial charge in [-0.2, -0.15) is 0 Å². The van der Waals surface area contributed by atoms with Crippen LogP contribution in [-0.2, 0) is 14.4 Å². The number of benzene rings is 1. The highest BCUT2D eigenvalue weighted by atomic mass is 32.2. The molecule has 0 radical (unpaired) electrons. The number of hydrogen-bond donors (Lipinski definition) is 3. The topological polar surface area (TPSA) is 98.7 Å². The van der Waals surface area contributed by atoms with Crippen LogP contribution in [0.5, 0.6) is 0 Å². The van der Waals surface area contributed by atoms with Crippen molar-refractivity contribution in [3.63, 3.8) is 0 Å². The molecule has 3 N–H and O–H groups in total. The molecule has 0 saturated carbocycles. The van der Waals surface area contributed by atoms with E-state index in [1.807, 2.05) is 51.1 Å². The zero-order valence-electron chi connectivity index (χ0n) is 19.8. The van der Waals surface area contributed by atoms with Crippen molar-refractivity contribution in [1.82, 2.24) is 15.5 Å². The fraction of sp³-hybridized carbons (Fsp3) is 0.640. The molecule has 0 aliphatic carbocycles. The summed E-state index contributed by atoms with van der Waals surface area (Å²) in [5, 5.41) is 16.4. The predicted octanol–water partition coefficient (Wildman–Crippen LogP) is 2.25. The maximum Gasteiger partial charge on any atom is 0.244 e. The lowest BCUT2D eigenvalue weighted by Crippen LogP contribution is -2.55. The first-order chi connectivity index (χ1) is 15.7. The number of carbonyl (C=O) groups is 3. The number of amides is 3. The van der Waals surface area contributed by atoms with Crippen LogP contribution < -0.4 is 10.6 Å². The van der Waals surface area contributed by atoms with Gasteiger partial charge in [-0.25, -0.2) is 0 Å². The van der Waals surface area contributed by atoms with Crippen LogP contribution in [-0.4, -0.2) is 62.5 Å². The maximum absolute atomic E-state index is 14.1. The molecule has 180 valence electrons. The minimum Gasteiger partial charge on any atom is -0.394 e. The van der Waals surface area contributed by atoms with Crippen molar-refractivity contribution in [3.05, 3.63) is 35.9 Å². The Morgan fingerprint density at radius 2 is 1.91 bits per heavy atom. The maximum atomic E-state index is 14.1. The van der Waals surface area contributed by atoms with Crippen LogP contribution >= 0.6 is 11.8 Å². The summed E-state index contributed by atoms with van der Waals surface area (Å²) in [6.07, 6.45) is 2.29. The average Bonchev–Trinajstić information content (AvgIpc) is 3.34.